The summed E-state index contributed by atoms with van der Waals surface area (Å²) in [5, 5.41) is -0.713. The monoisotopic (exact) mass is 623 g/mol. The summed E-state index contributed by atoms with van der Waals surface area (Å²) in [5.41, 5.74) is 1.46. The first kappa shape index (κ1) is 34.2. The molecule has 2 rings (SSSR count). The first-order valence-electron chi connectivity index (χ1n) is 13.1. The number of unbranched alkanes of at least 4 members (excludes halogenated alkanes) is 2. The summed E-state index contributed by atoms with van der Waals surface area (Å²) >= 11 is 7.33. The number of pyridine rings is 1. The fourth-order valence-electron chi connectivity index (χ4n) is 4.48. The Balaban J connectivity index is 2.08. The lowest BCUT2D eigenvalue weighted by Gasteiger charge is -2.30. The van der Waals surface area contributed by atoms with Crippen LogP contribution in [0.5, 0.6) is 0 Å². The molecule has 1 amide bonds. The molecule has 0 saturated heterocycles. The van der Waals surface area contributed by atoms with Crippen molar-refractivity contribution in [1.82, 2.24) is 9.88 Å². The molecule has 1 unspecified atom stereocenters. The van der Waals surface area contributed by atoms with Gasteiger partial charge in [-0.15, -0.1) is 0 Å². The van der Waals surface area contributed by atoms with E-state index in [2.05, 4.69) is 23.7 Å². The number of carbonyl (C=O) groups is 1. The molecule has 220 valence electrons. The fourth-order valence-corrected chi connectivity index (χ4v) is 8.19. The number of fused-ring (bicyclic) bond motifs is 1. The first-order chi connectivity index (χ1) is 18.3. The van der Waals surface area contributed by atoms with Gasteiger partial charge < -0.3 is 24.5 Å². The molecule has 1 aromatic heterocycles. The molecule has 0 radical (unpaired) electrons. The Labute approximate surface area is 239 Å². The van der Waals surface area contributed by atoms with Gasteiger partial charge in [-0.05, 0) is 76.5 Å². The molecule has 14 heteroatoms. The van der Waals surface area contributed by atoms with E-state index in [9.17, 15) is 33.5 Å². The smallest absolute Gasteiger partial charge is 0.324 e. The number of amides is 1. The largest absolute Gasteiger partial charge is 0.340 e. The highest BCUT2D eigenvalue weighted by molar-refractivity contribution is 8.13. The number of nitrogens with zero attached hydrogens (tertiary/aromatic N) is 3. The molecule has 0 bridgehead atoms. The third-order valence-electron chi connectivity index (χ3n) is 6.68. The zero-order valence-electron chi connectivity index (χ0n) is 22.6. The predicted octanol–water partition coefficient (Wildman–Crippen LogP) is 6.30. The van der Waals surface area contributed by atoms with E-state index in [1.54, 1.807) is 18.3 Å². The number of anilines is 1. The van der Waals surface area contributed by atoms with Gasteiger partial charge in [-0.3, -0.25) is 23.8 Å². The summed E-state index contributed by atoms with van der Waals surface area (Å²) in [6.07, 6.45) is 4.40. The molecule has 0 aliphatic rings. The van der Waals surface area contributed by atoms with Crippen LogP contribution in [0.4, 0.5) is 10.5 Å². The molecular weight excluding hydrogens is 584 g/mol. The van der Waals surface area contributed by atoms with Crippen LogP contribution in [0.25, 0.3) is 10.9 Å². The number of hydrogen-bond donors (Lipinski definition) is 4. The van der Waals surface area contributed by atoms with Gasteiger partial charge in [0.15, 0.2) is 5.40 Å². The van der Waals surface area contributed by atoms with Crippen molar-refractivity contribution in [3.05, 3.63) is 35.5 Å². The van der Waals surface area contributed by atoms with Crippen molar-refractivity contribution < 1.29 is 33.5 Å². The Morgan fingerprint density at radius 3 is 2.28 bits per heavy atom. The zero-order chi connectivity index (χ0) is 29.2. The van der Waals surface area contributed by atoms with Crippen LogP contribution in [0.15, 0.2) is 30.5 Å². The van der Waals surface area contributed by atoms with Crippen LogP contribution in [-0.4, -0.2) is 71.5 Å². The summed E-state index contributed by atoms with van der Waals surface area (Å²) in [7, 11) is -9.83. The van der Waals surface area contributed by atoms with Gasteiger partial charge in [0.25, 0.3) is 5.24 Å². The van der Waals surface area contributed by atoms with E-state index in [-0.39, 0.29) is 24.1 Å². The average Bonchev–Trinajstić information content (AvgIpc) is 2.84. The third kappa shape index (κ3) is 10.7. The molecule has 1 aromatic carbocycles. The molecule has 4 N–H and O–H groups in total. The second-order valence-electron chi connectivity index (χ2n) is 9.50. The number of carbonyl (C=O) groups excluding carboxylic acids is 1. The van der Waals surface area contributed by atoms with Crippen LogP contribution in [0.3, 0.4) is 0 Å². The Kier molecular flexibility index (Phi) is 13.9. The van der Waals surface area contributed by atoms with Crippen molar-refractivity contribution in [1.29, 1.82) is 0 Å². The lowest BCUT2D eigenvalue weighted by Crippen LogP contribution is -2.37. The van der Waals surface area contributed by atoms with Crippen molar-refractivity contribution in [2.24, 2.45) is 0 Å². The van der Waals surface area contributed by atoms with Crippen molar-refractivity contribution in [3.63, 3.8) is 0 Å². The normalized spacial score (nSPS) is 13.4. The molecule has 0 spiro atoms. The second kappa shape index (κ2) is 15.9. The van der Waals surface area contributed by atoms with Crippen molar-refractivity contribution in [2.75, 3.05) is 30.3 Å². The van der Waals surface area contributed by atoms with E-state index in [1.165, 1.54) is 0 Å². The minimum Gasteiger partial charge on any atom is -0.324 e. The Hall–Kier alpha value is -1.00. The summed E-state index contributed by atoms with van der Waals surface area (Å²) in [6.45, 7) is 9.19. The van der Waals surface area contributed by atoms with E-state index in [1.807, 2.05) is 24.0 Å². The van der Waals surface area contributed by atoms with Gasteiger partial charge in [-0.25, -0.2) is 0 Å². The molecule has 0 fully saturated rings. The van der Waals surface area contributed by atoms with Gasteiger partial charge in [0.2, 0.25) is 0 Å². The molecule has 0 aliphatic carbocycles. The van der Waals surface area contributed by atoms with Crippen LogP contribution in [0.1, 0.15) is 59.3 Å². The number of thioether (sulfide) groups is 1. The maximum absolute atomic E-state index is 13.5. The highest BCUT2D eigenvalue weighted by Gasteiger charge is 2.42. The number of rotatable bonds is 16. The molecule has 1 atom stereocenters. The summed E-state index contributed by atoms with van der Waals surface area (Å²) in [6, 6.07) is 7.17. The maximum Gasteiger partial charge on any atom is 0.340 e. The Morgan fingerprint density at radius 2 is 1.67 bits per heavy atom. The Morgan fingerprint density at radius 1 is 1.00 bits per heavy atom. The number of hydrogen-bond acceptors (Lipinski definition) is 6. The van der Waals surface area contributed by atoms with E-state index < -0.39 is 20.6 Å². The summed E-state index contributed by atoms with van der Waals surface area (Å²) < 4.78 is 22.9. The minimum atomic E-state index is -4.92. The minimum absolute atomic E-state index is 0.0749. The third-order valence-corrected chi connectivity index (χ3v) is 11.7. The Bertz CT molecular complexity index is 1150. The summed E-state index contributed by atoms with van der Waals surface area (Å²) in [5.74, 6) is 0.465. The quantitative estimate of drug-likeness (QED) is 0.124. The molecule has 0 saturated carbocycles. The van der Waals surface area contributed by atoms with Crippen molar-refractivity contribution in [3.8, 4) is 0 Å². The first-order valence-corrected chi connectivity index (χ1v) is 17.8. The molecule has 10 nitrogen and oxygen atoms in total. The van der Waals surface area contributed by atoms with E-state index in [4.69, 9.17) is 11.6 Å². The number of benzene rings is 1. The average molecular weight is 624 g/mol. The number of aromatic nitrogens is 1. The molecular formula is C25H40ClN3O7P2S. The van der Waals surface area contributed by atoms with Crippen molar-refractivity contribution in [2.45, 2.75) is 70.7 Å². The maximum atomic E-state index is 13.5. The van der Waals surface area contributed by atoms with E-state index in [0.717, 1.165) is 55.3 Å². The molecule has 1 heterocycles. The van der Waals surface area contributed by atoms with Crippen LogP contribution in [-0.2, 0) is 9.13 Å². The highest BCUT2D eigenvalue weighted by Crippen LogP contribution is 2.61. The van der Waals surface area contributed by atoms with Gasteiger partial charge in [-0.1, -0.05) is 50.1 Å². The van der Waals surface area contributed by atoms with Crippen LogP contribution < -0.4 is 4.90 Å². The van der Waals surface area contributed by atoms with Crippen LogP contribution >= 0.6 is 38.6 Å². The molecule has 39 heavy (non-hydrogen) atoms. The van der Waals surface area contributed by atoms with E-state index >= 15 is 0 Å². The van der Waals surface area contributed by atoms with Gasteiger partial charge in [0, 0.05) is 28.4 Å². The van der Waals surface area contributed by atoms with Gasteiger partial charge >= 0.3 is 15.2 Å². The second-order valence-corrected chi connectivity index (χ2v) is 15.0. The fraction of sp³-hybridized carbons (Fsp3) is 0.600. The molecule has 2 aromatic rings. The standard InChI is InChI=1S/C25H40ClN3O7P2S/c1-4-28(5-2)16-9-10-19(3)29(23-14-15-27-22-18-20(26)12-13-21(22)23)25(30)39-17-8-6-7-11-24(37(31,32)33)38(34,35)36/h12-15,18-19,24H,4-11,16-17H2,1-3H3,(H2,31,32,33)(H2,34,35,36). The molecule has 0 aliphatic heterocycles. The van der Waals surface area contributed by atoms with E-state index in [0.29, 0.717) is 29.1 Å². The SMILES string of the molecule is CCN(CC)CCCC(C)N(C(=O)SCCCCCC(P(=O)(O)O)P(=O)(O)O)c1ccnc2cc(Cl)ccc12. The lowest BCUT2D eigenvalue weighted by atomic mass is 10.1. The summed E-state index contributed by atoms with van der Waals surface area (Å²) in [4.78, 5) is 59.2. The van der Waals surface area contributed by atoms with Crippen molar-refractivity contribution >= 4 is 60.4 Å². The van der Waals surface area contributed by atoms with Crippen LogP contribution in [0, 0.1) is 0 Å². The number of halogens is 1. The highest BCUT2D eigenvalue weighted by atomic mass is 35.5. The lowest BCUT2D eigenvalue weighted by molar-refractivity contribution is 0.261. The van der Waals surface area contributed by atoms with Crippen LogP contribution in [0.2, 0.25) is 5.02 Å². The zero-order valence-corrected chi connectivity index (χ0v) is 26.0. The van der Waals surface area contributed by atoms with Gasteiger partial charge in [0.1, 0.15) is 0 Å². The van der Waals surface area contributed by atoms with Gasteiger partial charge in [0.05, 0.1) is 11.2 Å². The topological polar surface area (TPSA) is 152 Å². The predicted molar refractivity (Wildman–Crippen MR) is 160 cm³/mol. The van der Waals surface area contributed by atoms with Gasteiger partial charge in [-0.2, -0.15) is 0 Å².